The minimum atomic E-state index is 0.390. The summed E-state index contributed by atoms with van der Waals surface area (Å²) in [5, 5.41) is 12.4. The Hall–Kier alpha value is -1.42. The van der Waals surface area contributed by atoms with E-state index in [4.69, 9.17) is 5.21 Å². The number of aromatic nitrogens is 1. The summed E-state index contributed by atoms with van der Waals surface area (Å²) in [6, 6.07) is 2.18. The summed E-state index contributed by atoms with van der Waals surface area (Å²) in [5.41, 5.74) is 3.42. The monoisotopic (exact) mass is 247 g/mol. The largest absolute Gasteiger partial charge is 0.411 e. The SMILES string of the molecule is CCC1CN(Cc2cncc(C)c2)CC/C1=N\O. The zero-order valence-electron chi connectivity index (χ0n) is 11.1. The summed E-state index contributed by atoms with van der Waals surface area (Å²) < 4.78 is 0. The molecule has 1 aromatic rings. The van der Waals surface area contributed by atoms with Crippen LogP contribution in [0.25, 0.3) is 0 Å². The van der Waals surface area contributed by atoms with Gasteiger partial charge in [0, 0.05) is 44.4 Å². The van der Waals surface area contributed by atoms with E-state index in [-0.39, 0.29) is 0 Å². The highest BCUT2D eigenvalue weighted by molar-refractivity contribution is 5.87. The summed E-state index contributed by atoms with van der Waals surface area (Å²) in [6.07, 6.45) is 5.71. The molecule has 18 heavy (non-hydrogen) atoms. The summed E-state index contributed by atoms with van der Waals surface area (Å²) in [4.78, 5) is 6.65. The molecule has 1 aliphatic heterocycles. The fourth-order valence-corrected chi connectivity index (χ4v) is 2.59. The standard InChI is InChI=1S/C14H21N3O/c1-3-13-10-17(5-4-14(13)16-18)9-12-6-11(2)7-15-8-12/h6-8,13,18H,3-5,9-10H2,1-2H3/b16-14+. The molecule has 0 aliphatic carbocycles. The minimum Gasteiger partial charge on any atom is -0.411 e. The van der Waals surface area contributed by atoms with E-state index in [1.807, 2.05) is 12.4 Å². The third-order valence-corrected chi connectivity index (χ3v) is 3.59. The summed E-state index contributed by atoms with van der Waals surface area (Å²) in [7, 11) is 0. The van der Waals surface area contributed by atoms with Gasteiger partial charge in [-0.3, -0.25) is 9.88 Å². The highest BCUT2D eigenvalue weighted by atomic mass is 16.4. The molecular formula is C14H21N3O. The highest BCUT2D eigenvalue weighted by Gasteiger charge is 2.24. The molecular weight excluding hydrogens is 226 g/mol. The molecule has 0 saturated carbocycles. The Balaban J connectivity index is 1.99. The van der Waals surface area contributed by atoms with Crippen molar-refractivity contribution in [3.8, 4) is 0 Å². The van der Waals surface area contributed by atoms with Crippen molar-refractivity contribution < 1.29 is 5.21 Å². The average Bonchev–Trinajstić information content (AvgIpc) is 2.38. The molecule has 1 fully saturated rings. The van der Waals surface area contributed by atoms with E-state index in [0.29, 0.717) is 5.92 Å². The first-order chi connectivity index (χ1) is 8.72. The zero-order chi connectivity index (χ0) is 13.0. The van der Waals surface area contributed by atoms with Crippen LogP contribution in [0.4, 0.5) is 0 Å². The topological polar surface area (TPSA) is 48.7 Å². The Morgan fingerprint density at radius 1 is 1.50 bits per heavy atom. The van der Waals surface area contributed by atoms with Crippen LogP contribution in [0, 0.1) is 12.8 Å². The van der Waals surface area contributed by atoms with Gasteiger partial charge in [-0.05, 0) is 24.5 Å². The molecule has 1 N–H and O–H groups in total. The molecule has 0 spiro atoms. The van der Waals surface area contributed by atoms with Crippen LogP contribution in [0.3, 0.4) is 0 Å². The Morgan fingerprint density at radius 3 is 3.00 bits per heavy atom. The lowest BCUT2D eigenvalue weighted by Crippen LogP contribution is -2.40. The fraction of sp³-hybridized carbons (Fsp3) is 0.571. The number of oxime groups is 1. The third kappa shape index (κ3) is 3.07. The minimum absolute atomic E-state index is 0.390. The van der Waals surface area contributed by atoms with E-state index in [1.54, 1.807) is 0 Å². The molecule has 1 unspecified atom stereocenters. The zero-order valence-corrected chi connectivity index (χ0v) is 11.1. The number of pyridine rings is 1. The Morgan fingerprint density at radius 2 is 2.33 bits per heavy atom. The van der Waals surface area contributed by atoms with Gasteiger partial charge < -0.3 is 5.21 Å². The molecule has 1 aliphatic rings. The maximum atomic E-state index is 8.96. The molecule has 0 radical (unpaired) electrons. The van der Waals surface area contributed by atoms with Crippen molar-refractivity contribution >= 4 is 5.71 Å². The van der Waals surface area contributed by atoms with Crippen molar-refractivity contribution in [2.24, 2.45) is 11.1 Å². The number of nitrogens with zero attached hydrogens (tertiary/aromatic N) is 3. The van der Waals surface area contributed by atoms with E-state index >= 15 is 0 Å². The first kappa shape index (κ1) is 13.0. The van der Waals surface area contributed by atoms with Crippen molar-refractivity contribution in [1.82, 2.24) is 9.88 Å². The number of rotatable bonds is 3. The fourth-order valence-electron chi connectivity index (χ4n) is 2.59. The lowest BCUT2D eigenvalue weighted by Gasteiger charge is -2.32. The van der Waals surface area contributed by atoms with Crippen LogP contribution in [0.5, 0.6) is 0 Å². The van der Waals surface area contributed by atoms with E-state index in [2.05, 4.69) is 35.0 Å². The predicted octanol–water partition coefficient (Wildman–Crippen LogP) is 2.45. The van der Waals surface area contributed by atoms with Crippen LogP contribution in [0.15, 0.2) is 23.6 Å². The smallest absolute Gasteiger partial charge is 0.0627 e. The molecule has 0 aromatic carbocycles. The summed E-state index contributed by atoms with van der Waals surface area (Å²) in [5.74, 6) is 0.390. The van der Waals surface area contributed by atoms with Crippen molar-refractivity contribution in [2.75, 3.05) is 13.1 Å². The Kier molecular flexibility index (Phi) is 4.31. The first-order valence-corrected chi connectivity index (χ1v) is 6.56. The van der Waals surface area contributed by atoms with Crippen molar-refractivity contribution in [3.05, 3.63) is 29.6 Å². The maximum Gasteiger partial charge on any atom is 0.0627 e. The van der Waals surface area contributed by atoms with Gasteiger partial charge in [-0.1, -0.05) is 18.1 Å². The van der Waals surface area contributed by atoms with E-state index in [9.17, 15) is 0 Å². The second-order valence-electron chi connectivity index (χ2n) is 5.05. The molecule has 1 atom stereocenters. The van der Waals surface area contributed by atoms with Crippen molar-refractivity contribution in [3.63, 3.8) is 0 Å². The molecule has 98 valence electrons. The Labute approximate surface area is 108 Å². The van der Waals surface area contributed by atoms with Crippen LogP contribution in [-0.2, 0) is 6.54 Å². The van der Waals surface area contributed by atoms with Crippen molar-refractivity contribution in [2.45, 2.75) is 33.2 Å². The van der Waals surface area contributed by atoms with E-state index in [1.165, 1.54) is 11.1 Å². The van der Waals surface area contributed by atoms with Crippen LogP contribution in [-0.4, -0.2) is 33.9 Å². The van der Waals surface area contributed by atoms with Gasteiger partial charge in [-0.15, -0.1) is 0 Å². The number of hydrogen-bond acceptors (Lipinski definition) is 4. The summed E-state index contributed by atoms with van der Waals surface area (Å²) in [6.45, 7) is 7.09. The second kappa shape index (κ2) is 5.96. The number of piperidine rings is 1. The molecule has 4 nitrogen and oxygen atoms in total. The quantitative estimate of drug-likeness (QED) is 0.659. The molecule has 0 bridgehead atoms. The molecule has 2 heterocycles. The maximum absolute atomic E-state index is 8.96. The van der Waals surface area contributed by atoms with Gasteiger partial charge >= 0.3 is 0 Å². The first-order valence-electron chi connectivity index (χ1n) is 6.56. The van der Waals surface area contributed by atoms with Gasteiger partial charge in [0.25, 0.3) is 0 Å². The molecule has 4 heteroatoms. The molecule has 2 rings (SSSR count). The molecule has 0 amide bonds. The van der Waals surface area contributed by atoms with Gasteiger partial charge in [-0.25, -0.2) is 0 Å². The van der Waals surface area contributed by atoms with Gasteiger partial charge in [-0.2, -0.15) is 0 Å². The average molecular weight is 247 g/mol. The van der Waals surface area contributed by atoms with Gasteiger partial charge in [0.2, 0.25) is 0 Å². The van der Waals surface area contributed by atoms with Crippen LogP contribution in [0.1, 0.15) is 30.9 Å². The number of likely N-dealkylation sites (tertiary alicyclic amines) is 1. The lowest BCUT2D eigenvalue weighted by molar-refractivity contribution is 0.220. The predicted molar refractivity (Wildman–Crippen MR) is 71.9 cm³/mol. The molecule has 1 aromatic heterocycles. The lowest BCUT2D eigenvalue weighted by atomic mass is 9.93. The second-order valence-corrected chi connectivity index (χ2v) is 5.05. The Bertz CT molecular complexity index is 431. The summed E-state index contributed by atoms with van der Waals surface area (Å²) >= 11 is 0. The van der Waals surface area contributed by atoms with Gasteiger partial charge in [0.05, 0.1) is 5.71 Å². The normalized spacial score (nSPS) is 23.4. The highest BCUT2D eigenvalue weighted by Crippen LogP contribution is 2.19. The van der Waals surface area contributed by atoms with E-state index in [0.717, 1.165) is 38.2 Å². The van der Waals surface area contributed by atoms with Crippen LogP contribution >= 0.6 is 0 Å². The van der Waals surface area contributed by atoms with Gasteiger partial charge in [0.1, 0.15) is 0 Å². The van der Waals surface area contributed by atoms with Crippen molar-refractivity contribution in [1.29, 1.82) is 0 Å². The number of hydrogen-bond donors (Lipinski definition) is 1. The molecule has 1 saturated heterocycles. The van der Waals surface area contributed by atoms with E-state index < -0.39 is 0 Å². The van der Waals surface area contributed by atoms with Crippen LogP contribution in [0.2, 0.25) is 0 Å². The number of aryl methyl sites for hydroxylation is 1. The third-order valence-electron chi connectivity index (χ3n) is 3.59. The van der Waals surface area contributed by atoms with Crippen LogP contribution < -0.4 is 0 Å². The van der Waals surface area contributed by atoms with Gasteiger partial charge in [0.15, 0.2) is 0 Å².